The Bertz CT molecular complexity index is 1040. The number of likely N-dealkylation sites (tertiary alicyclic amines) is 1. The van der Waals surface area contributed by atoms with E-state index in [1.165, 1.54) is 11.1 Å². The summed E-state index contributed by atoms with van der Waals surface area (Å²) in [6, 6.07) is 3.95. The Kier molecular flexibility index (Phi) is 5.64. The summed E-state index contributed by atoms with van der Waals surface area (Å²) in [5.41, 5.74) is 13.5. The first-order valence-electron chi connectivity index (χ1n) is 10.8. The third-order valence-electron chi connectivity index (χ3n) is 6.37. The molecule has 0 unspecified atom stereocenters. The molecule has 0 atom stereocenters. The Hall–Kier alpha value is -2.67. The lowest BCUT2D eigenvalue weighted by molar-refractivity contribution is -0.138. The number of nitrogen functional groups attached to an aromatic ring is 1. The molecule has 0 spiro atoms. The number of ether oxygens (including phenoxy) is 1. The fourth-order valence-corrected chi connectivity index (χ4v) is 4.66. The topological polar surface area (TPSA) is 85.8 Å². The van der Waals surface area contributed by atoms with Gasteiger partial charge in [-0.15, -0.1) is 0 Å². The largest absolute Gasteiger partial charge is 0.463 e. The number of piperidine rings is 1. The first-order chi connectivity index (χ1) is 14.4. The van der Waals surface area contributed by atoms with Crippen LogP contribution in [0.15, 0.2) is 34.4 Å². The summed E-state index contributed by atoms with van der Waals surface area (Å²) in [6.45, 7) is 11.3. The monoisotopic (exact) mass is 409 g/mol. The van der Waals surface area contributed by atoms with Crippen LogP contribution in [0.4, 0.5) is 5.82 Å². The Morgan fingerprint density at radius 3 is 2.67 bits per heavy atom. The lowest BCUT2D eigenvalue weighted by Gasteiger charge is -2.32. The molecule has 1 fully saturated rings. The molecule has 2 aromatic rings. The molecule has 2 aliphatic rings. The van der Waals surface area contributed by atoms with E-state index in [0.717, 1.165) is 60.7 Å². The van der Waals surface area contributed by atoms with Gasteiger partial charge in [-0.3, -0.25) is 4.90 Å². The number of rotatable bonds is 5. The highest BCUT2D eigenvalue weighted by Gasteiger charge is 2.28. The van der Waals surface area contributed by atoms with E-state index in [1.807, 2.05) is 26.0 Å². The molecule has 3 heterocycles. The first kappa shape index (κ1) is 20.6. The predicted molar refractivity (Wildman–Crippen MR) is 117 cm³/mol. The maximum Gasteiger partial charge on any atom is 0.334 e. The van der Waals surface area contributed by atoms with E-state index < -0.39 is 0 Å². The summed E-state index contributed by atoms with van der Waals surface area (Å²) < 4.78 is 6.94. The summed E-state index contributed by atoms with van der Waals surface area (Å²) in [5.74, 6) is 0.885. The van der Waals surface area contributed by atoms with E-state index in [9.17, 15) is 4.79 Å². The molecule has 1 saturated heterocycles. The minimum absolute atomic E-state index is 0.169. The van der Waals surface area contributed by atoms with Gasteiger partial charge in [0.1, 0.15) is 5.82 Å². The number of allylic oxidation sites excluding steroid dienone is 1. The molecule has 1 aliphatic heterocycles. The SMILES string of the molecule is CCOC(=O)C1=C(C)C(CN2CCC(c3cc(N)n4nc(C)cc4n3)CC2)=C(C)C1. The van der Waals surface area contributed by atoms with Crippen molar-refractivity contribution in [3.63, 3.8) is 0 Å². The van der Waals surface area contributed by atoms with Crippen LogP contribution < -0.4 is 5.73 Å². The van der Waals surface area contributed by atoms with Gasteiger partial charge in [-0.05, 0) is 64.8 Å². The number of anilines is 1. The van der Waals surface area contributed by atoms with Crippen LogP contribution in [0, 0.1) is 6.92 Å². The summed E-state index contributed by atoms with van der Waals surface area (Å²) in [5, 5.41) is 4.39. The number of nitrogens with zero attached hydrogens (tertiary/aromatic N) is 4. The van der Waals surface area contributed by atoms with Crippen molar-refractivity contribution in [1.82, 2.24) is 19.5 Å². The summed E-state index contributed by atoms with van der Waals surface area (Å²) in [7, 11) is 0. The number of aromatic nitrogens is 3. The van der Waals surface area contributed by atoms with E-state index in [4.69, 9.17) is 15.5 Å². The highest BCUT2D eigenvalue weighted by molar-refractivity contribution is 5.92. The number of nitrogens with two attached hydrogens (primary N) is 1. The van der Waals surface area contributed by atoms with Crippen LogP contribution in [0.2, 0.25) is 0 Å². The van der Waals surface area contributed by atoms with Crippen molar-refractivity contribution in [3.8, 4) is 0 Å². The van der Waals surface area contributed by atoms with Crippen molar-refractivity contribution < 1.29 is 9.53 Å². The van der Waals surface area contributed by atoms with Gasteiger partial charge in [-0.1, -0.05) is 5.57 Å². The van der Waals surface area contributed by atoms with Crippen LogP contribution in [-0.4, -0.2) is 51.7 Å². The van der Waals surface area contributed by atoms with Gasteiger partial charge < -0.3 is 10.5 Å². The van der Waals surface area contributed by atoms with Crippen LogP contribution in [-0.2, 0) is 9.53 Å². The summed E-state index contributed by atoms with van der Waals surface area (Å²) in [4.78, 5) is 19.5. The normalized spacial score (nSPS) is 18.7. The standard InChI is InChI=1S/C23H31N5O2/c1-5-30-23(29)18-10-14(2)19(16(18)4)13-27-8-6-17(7-9-27)20-12-21(24)28-22(25-20)11-15(3)26-28/h11-12,17H,5-10,13,24H2,1-4H3. The molecule has 7 heteroatoms. The van der Waals surface area contributed by atoms with Gasteiger partial charge in [0.15, 0.2) is 5.65 Å². The molecule has 0 amide bonds. The highest BCUT2D eigenvalue weighted by Crippen LogP contribution is 2.35. The van der Waals surface area contributed by atoms with Crippen molar-refractivity contribution in [3.05, 3.63) is 45.8 Å². The molecule has 0 saturated carbocycles. The maximum atomic E-state index is 12.2. The van der Waals surface area contributed by atoms with Crippen LogP contribution in [0.3, 0.4) is 0 Å². The van der Waals surface area contributed by atoms with Crippen molar-refractivity contribution in [2.24, 2.45) is 0 Å². The van der Waals surface area contributed by atoms with Gasteiger partial charge in [0.25, 0.3) is 0 Å². The fraction of sp³-hybridized carbons (Fsp3) is 0.522. The highest BCUT2D eigenvalue weighted by atomic mass is 16.5. The average Bonchev–Trinajstić information content (AvgIpc) is 3.23. The second-order valence-corrected chi connectivity index (χ2v) is 8.47. The zero-order valence-corrected chi connectivity index (χ0v) is 18.4. The Morgan fingerprint density at radius 1 is 1.23 bits per heavy atom. The van der Waals surface area contributed by atoms with Crippen molar-refractivity contribution in [1.29, 1.82) is 0 Å². The molecule has 160 valence electrons. The third-order valence-corrected chi connectivity index (χ3v) is 6.37. The quantitative estimate of drug-likeness (QED) is 0.762. The first-order valence-corrected chi connectivity index (χ1v) is 10.8. The molecule has 0 radical (unpaired) electrons. The number of esters is 1. The number of aryl methyl sites for hydroxylation is 1. The minimum Gasteiger partial charge on any atom is -0.463 e. The molecule has 30 heavy (non-hydrogen) atoms. The van der Waals surface area contributed by atoms with Crippen molar-refractivity contribution >= 4 is 17.4 Å². The van der Waals surface area contributed by atoms with Crippen molar-refractivity contribution in [2.45, 2.75) is 52.9 Å². The van der Waals surface area contributed by atoms with Crippen LogP contribution in [0.1, 0.15) is 57.3 Å². The van der Waals surface area contributed by atoms with Crippen LogP contribution in [0.5, 0.6) is 0 Å². The minimum atomic E-state index is -0.169. The van der Waals surface area contributed by atoms with E-state index in [2.05, 4.69) is 23.8 Å². The summed E-state index contributed by atoms with van der Waals surface area (Å²) >= 11 is 0. The zero-order valence-electron chi connectivity index (χ0n) is 18.4. The van der Waals surface area contributed by atoms with Gasteiger partial charge in [0, 0.05) is 42.3 Å². The van der Waals surface area contributed by atoms with E-state index in [0.29, 0.717) is 24.8 Å². The van der Waals surface area contributed by atoms with Crippen LogP contribution in [0.25, 0.3) is 5.65 Å². The van der Waals surface area contributed by atoms with Gasteiger partial charge in [-0.25, -0.2) is 9.78 Å². The fourth-order valence-electron chi connectivity index (χ4n) is 4.66. The number of hydrogen-bond donors (Lipinski definition) is 1. The molecular formula is C23H31N5O2. The number of hydrogen-bond acceptors (Lipinski definition) is 6. The smallest absolute Gasteiger partial charge is 0.334 e. The molecular weight excluding hydrogens is 378 g/mol. The molecule has 2 aromatic heterocycles. The maximum absolute atomic E-state index is 12.2. The predicted octanol–water partition coefficient (Wildman–Crippen LogP) is 3.40. The lowest BCUT2D eigenvalue weighted by atomic mass is 9.92. The molecule has 2 N–H and O–H groups in total. The second-order valence-electron chi connectivity index (χ2n) is 8.47. The van der Waals surface area contributed by atoms with Gasteiger partial charge in [0.05, 0.1) is 12.3 Å². The van der Waals surface area contributed by atoms with Gasteiger partial charge in [-0.2, -0.15) is 9.61 Å². The summed E-state index contributed by atoms with van der Waals surface area (Å²) in [6.07, 6.45) is 2.82. The number of fused-ring (bicyclic) bond motifs is 1. The van der Waals surface area contributed by atoms with E-state index in [1.54, 1.807) is 4.52 Å². The molecule has 1 aliphatic carbocycles. The Balaban J connectivity index is 1.42. The third kappa shape index (κ3) is 3.86. The van der Waals surface area contributed by atoms with E-state index >= 15 is 0 Å². The Morgan fingerprint density at radius 2 is 1.97 bits per heavy atom. The Labute approximate surface area is 177 Å². The zero-order chi connectivity index (χ0) is 21.4. The molecule has 0 aromatic carbocycles. The second kappa shape index (κ2) is 8.22. The molecule has 7 nitrogen and oxygen atoms in total. The van der Waals surface area contributed by atoms with E-state index in [-0.39, 0.29) is 5.97 Å². The van der Waals surface area contributed by atoms with Crippen LogP contribution >= 0.6 is 0 Å². The molecule has 0 bridgehead atoms. The molecule has 4 rings (SSSR count). The number of carbonyl (C=O) groups is 1. The average molecular weight is 410 g/mol. The van der Waals surface area contributed by atoms with Gasteiger partial charge >= 0.3 is 5.97 Å². The van der Waals surface area contributed by atoms with Crippen molar-refractivity contribution in [2.75, 3.05) is 32.0 Å². The van der Waals surface area contributed by atoms with Gasteiger partial charge in [0.2, 0.25) is 0 Å². The lowest BCUT2D eigenvalue weighted by Crippen LogP contribution is -2.35. The number of carbonyl (C=O) groups excluding carboxylic acids is 1.